The van der Waals surface area contributed by atoms with Crippen molar-refractivity contribution in [3.8, 4) is 0 Å². The number of anilines is 1. The zero-order valence-corrected chi connectivity index (χ0v) is 18.5. The molecular formula is C29H19NO5. The van der Waals surface area contributed by atoms with Gasteiger partial charge in [0, 0.05) is 11.1 Å². The molecule has 170 valence electrons. The first-order chi connectivity index (χ1) is 17.0. The average Bonchev–Trinajstić information content (AvgIpc) is 3.17. The van der Waals surface area contributed by atoms with E-state index < -0.39 is 23.9 Å². The van der Waals surface area contributed by atoms with Crippen molar-refractivity contribution in [3.63, 3.8) is 0 Å². The average molecular weight is 461 g/mol. The highest BCUT2D eigenvalue weighted by Crippen LogP contribution is 2.29. The van der Waals surface area contributed by atoms with Gasteiger partial charge < -0.3 is 4.74 Å². The van der Waals surface area contributed by atoms with E-state index in [1.54, 1.807) is 78.9 Å². The summed E-state index contributed by atoms with van der Waals surface area (Å²) >= 11 is 0. The number of amides is 2. The smallest absolute Gasteiger partial charge is 0.339 e. The first kappa shape index (κ1) is 22.0. The van der Waals surface area contributed by atoms with Gasteiger partial charge in [-0.3, -0.25) is 14.4 Å². The molecule has 0 bridgehead atoms. The first-order valence-corrected chi connectivity index (χ1v) is 11.0. The van der Waals surface area contributed by atoms with Crippen LogP contribution >= 0.6 is 0 Å². The van der Waals surface area contributed by atoms with Crippen LogP contribution in [0.15, 0.2) is 109 Å². The maximum atomic E-state index is 13.2. The van der Waals surface area contributed by atoms with Crippen LogP contribution in [0.25, 0.3) is 0 Å². The predicted molar refractivity (Wildman–Crippen MR) is 129 cm³/mol. The summed E-state index contributed by atoms with van der Waals surface area (Å²) in [5.74, 6) is -1.87. The Labute approximate surface area is 201 Å². The number of carbonyl (C=O) groups is 4. The molecule has 35 heavy (non-hydrogen) atoms. The van der Waals surface area contributed by atoms with E-state index >= 15 is 0 Å². The minimum Gasteiger partial charge on any atom is -0.445 e. The van der Waals surface area contributed by atoms with Crippen LogP contribution in [0.5, 0.6) is 0 Å². The summed E-state index contributed by atoms with van der Waals surface area (Å²) in [5.41, 5.74) is 2.18. The van der Waals surface area contributed by atoms with Gasteiger partial charge in [-0.15, -0.1) is 0 Å². The number of Topliss-reactive ketones (excluding diaryl/α,β-unsaturated/α-hetero) is 1. The summed E-state index contributed by atoms with van der Waals surface area (Å²) < 4.78 is 5.66. The lowest BCUT2D eigenvalue weighted by molar-refractivity contribution is 0.0280. The number of carbonyl (C=O) groups excluding carboxylic acids is 4. The van der Waals surface area contributed by atoms with Crippen LogP contribution in [-0.4, -0.2) is 23.6 Å². The van der Waals surface area contributed by atoms with E-state index in [9.17, 15) is 19.2 Å². The molecule has 1 aliphatic heterocycles. The van der Waals surface area contributed by atoms with Gasteiger partial charge in [-0.25, -0.2) is 9.69 Å². The first-order valence-electron chi connectivity index (χ1n) is 11.0. The second-order valence-corrected chi connectivity index (χ2v) is 7.96. The Balaban J connectivity index is 1.38. The molecule has 6 heteroatoms. The highest BCUT2D eigenvalue weighted by molar-refractivity contribution is 6.34. The SMILES string of the molecule is O=C(O[C@H](C(=O)c1ccccc1)c1ccccc1)c1ccc(N2C(=O)c3ccccc3C2=O)cc1. The van der Waals surface area contributed by atoms with Crippen molar-refractivity contribution in [3.05, 3.63) is 137 Å². The summed E-state index contributed by atoms with van der Waals surface area (Å²) in [5, 5.41) is 0. The molecule has 6 nitrogen and oxygen atoms in total. The Morgan fingerprint density at radius 2 is 1.11 bits per heavy atom. The molecule has 0 aromatic heterocycles. The van der Waals surface area contributed by atoms with Crippen LogP contribution in [-0.2, 0) is 4.74 Å². The molecule has 2 amide bonds. The molecule has 4 aromatic carbocycles. The quantitative estimate of drug-likeness (QED) is 0.222. The van der Waals surface area contributed by atoms with Gasteiger partial charge in [-0.2, -0.15) is 0 Å². The van der Waals surface area contributed by atoms with Gasteiger partial charge in [-0.05, 0) is 36.4 Å². The molecular weight excluding hydrogens is 442 g/mol. The van der Waals surface area contributed by atoms with Crippen molar-refractivity contribution >= 4 is 29.3 Å². The van der Waals surface area contributed by atoms with Crippen LogP contribution in [0.4, 0.5) is 5.69 Å². The highest BCUT2D eigenvalue weighted by atomic mass is 16.5. The van der Waals surface area contributed by atoms with Crippen LogP contribution in [0, 0.1) is 0 Å². The van der Waals surface area contributed by atoms with E-state index in [4.69, 9.17) is 4.74 Å². The normalized spacial score (nSPS) is 13.3. The minimum atomic E-state index is -1.12. The minimum absolute atomic E-state index is 0.187. The summed E-state index contributed by atoms with van der Waals surface area (Å²) in [6.07, 6.45) is -1.12. The van der Waals surface area contributed by atoms with Crippen molar-refractivity contribution < 1.29 is 23.9 Å². The van der Waals surface area contributed by atoms with Gasteiger partial charge in [0.25, 0.3) is 11.8 Å². The predicted octanol–water partition coefficient (Wildman–Crippen LogP) is 5.27. The van der Waals surface area contributed by atoms with Crippen LogP contribution in [0.3, 0.4) is 0 Å². The number of hydrogen-bond donors (Lipinski definition) is 0. The fourth-order valence-corrected chi connectivity index (χ4v) is 4.00. The number of ether oxygens (including phenoxy) is 1. The fourth-order valence-electron chi connectivity index (χ4n) is 4.00. The van der Waals surface area contributed by atoms with Crippen molar-refractivity contribution in [2.24, 2.45) is 0 Å². The lowest BCUT2D eigenvalue weighted by atomic mass is 10.00. The Bertz CT molecular complexity index is 1390. The Morgan fingerprint density at radius 1 is 0.600 bits per heavy atom. The molecule has 0 N–H and O–H groups in total. The summed E-state index contributed by atoms with van der Waals surface area (Å²) in [6.45, 7) is 0. The molecule has 1 heterocycles. The van der Waals surface area contributed by atoms with Crippen LogP contribution in [0.2, 0.25) is 0 Å². The topological polar surface area (TPSA) is 80.8 Å². The monoisotopic (exact) mass is 461 g/mol. The molecule has 5 rings (SSSR count). The molecule has 0 saturated carbocycles. The van der Waals surface area contributed by atoms with Gasteiger partial charge in [0.05, 0.1) is 22.4 Å². The van der Waals surface area contributed by atoms with E-state index in [2.05, 4.69) is 0 Å². The number of benzene rings is 4. The number of nitrogens with zero attached hydrogens (tertiary/aromatic N) is 1. The molecule has 0 radical (unpaired) electrons. The highest BCUT2D eigenvalue weighted by Gasteiger charge is 2.36. The molecule has 0 saturated heterocycles. The van der Waals surface area contributed by atoms with E-state index in [1.165, 1.54) is 24.3 Å². The number of ketones is 1. The summed E-state index contributed by atoms with van der Waals surface area (Å²) in [6, 6.07) is 30.0. The number of rotatable bonds is 6. The van der Waals surface area contributed by atoms with Crippen molar-refractivity contribution in [2.75, 3.05) is 4.90 Å². The number of esters is 1. The van der Waals surface area contributed by atoms with E-state index in [0.717, 1.165) is 4.90 Å². The lowest BCUT2D eigenvalue weighted by Crippen LogP contribution is -2.29. The van der Waals surface area contributed by atoms with Crippen molar-refractivity contribution in [1.29, 1.82) is 0 Å². The van der Waals surface area contributed by atoms with E-state index in [1.807, 2.05) is 6.07 Å². The zero-order chi connectivity index (χ0) is 24.4. The van der Waals surface area contributed by atoms with E-state index in [0.29, 0.717) is 27.9 Å². The van der Waals surface area contributed by atoms with Gasteiger partial charge in [0.2, 0.25) is 5.78 Å². The third-order valence-corrected chi connectivity index (χ3v) is 5.78. The van der Waals surface area contributed by atoms with Crippen LogP contribution in [0.1, 0.15) is 53.1 Å². The van der Waals surface area contributed by atoms with Gasteiger partial charge in [0.15, 0.2) is 6.10 Å². The Morgan fingerprint density at radius 3 is 1.69 bits per heavy atom. The molecule has 1 atom stereocenters. The van der Waals surface area contributed by atoms with Crippen LogP contribution < -0.4 is 4.90 Å². The third kappa shape index (κ3) is 4.13. The van der Waals surface area contributed by atoms with Gasteiger partial charge >= 0.3 is 5.97 Å². The summed E-state index contributed by atoms with van der Waals surface area (Å²) in [7, 11) is 0. The van der Waals surface area contributed by atoms with E-state index in [-0.39, 0.29) is 11.3 Å². The largest absolute Gasteiger partial charge is 0.445 e. The molecule has 0 spiro atoms. The number of imide groups is 1. The Kier molecular flexibility index (Phi) is 5.77. The number of hydrogen-bond acceptors (Lipinski definition) is 5. The maximum Gasteiger partial charge on any atom is 0.339 e. The van der Waals surface area contributed by atoms with Crippen molar-refractivity contribution in [1.82, 2.24) is 0 Å². The maximum absolute atomic E-state index is 13.2. The Hall–Kier alpha value is -4.84. The molecule has 1 aliphatic rings. The zero-order valence-electron chi connectivity index (χ0n) is 18.5. The summed E-state index contributed by atoms with van der Waals surface area (Å²) in [4.78, 5) is 52.6. The van der Waals surface area contributed by atoms with Gasteiger partial charge in [0.1, 0.15) is 0 Å². The lowest BCUT2D eigenvalue weighted by Gasteiger charge is -2.18. The molecule has 0 unspecified atom stereocenters. The fraction of sp³-hybridized carbons (Fsp3) is 0.0345. The molecule has 0 aliphatic carbocycles. The van der Waals surface area contributed by atoms with Crippen molar-refractivity contribution in [2.45, 2.75) is 6.10 Å². The molecule has 4 aromatic rings. The third-order valence-electron chi connectivity index (χ3n) is 5.78. The van der Waals surface area contributed by atoms with Gasteiger partial charge in [-0.1, -0.05) is 72.8 Å². The number of fused-ring (bicyclic) bond motifs is 1. The standard InChI is InChI=1S/C29H19NO5/c31-25(19-9-3-1-4-10-19)26(20-11-5-2-6-12-20)35-29(34)21-15-17-22(18-16-21)30-27(32)23-13-7-8-14-24(23)28(30)33/h1-18,26H/t26-/m0/s1. The second kappa shape index (κ2) is 9.19. The molecule has 0 fully saturated rings. The second-order valence-electron chi connectivity index (χ2n) is 7.96.